The van der Waals surface area contributed by atoms with Gasteiger partial charge in [-0.2, -0.15) is 0 Å². The summed E-state index contributed by atoms with van der Waals surface area (Å²) in [5, 5.41) is 2.42. The normalized spacial score (nSPS) is 9.43. The van der Waals surface area contributed by atoms with Crippen LogP contribution in [-0.4, -0.2) is 72.2 Å². The zero-order chi connectivity index (χ0) is 29.1. The number of alkyl carbamates (subject to hydrolysis) is 1. The Morgan fingerprint density at radius 1 is 0.786 bits per heavy atom. The molecule has 0 aliphatic rings. The summed E-state index contributed by atoms with van der Waals surface area (Å²) in [6, 6.07) is 6.28. The molecule has 0 aliphatic carbocycles. The molecule has 16 heteroatoms. The first kappa shape index (κ1) is 42.5. The highest BCUT2D eigenvalue weighted by molar-refractivity contribution is 5.89. The summed E-state index contributed by atoms with van der Waals surface area (Å²) in [5.74, 6) is -2.34. The SMILES string of the molecule is C.CC(C)(C)OC(=O)NCCC(=O)OCOC(=O)c1cccnc1.Cl.Cl.NCCC(=O)OCOC(=O)c1cccnc1. The first-order valence-corrected chi connectivity index (χ1v) is 11.6. The maximum atomic E-state index is 11.5. The second-order valence-corrected chi connectivity index (χ2v) is 8.33. The van der Waals surface area contributed by atoms with Gasteiger partial charge >= 0.3 is 30.0 Å². The number of nitrogens with two attached hydrogens (primary N) is 1. The number of carbonyl (C=O) groups excluding carboxylic acids is 5. The molecule has 0 saturated carbocycles. The third-order valence-corrected chi connectivity index (χ3v) is 3.96. The van der Waals surface area contributed by atoms with E-state index < -0.39 is 49.2 Å². The van der Waals surface area contributed by atoms with Crippen molar-refractivity contribution >= 4 is 54.8 Å². The largest absolute Gasteiger partial charge is 0.444 e. The third-order valence-electron chi connectivity index (χ3n) is 3.96. The van der Waals surface area contributed by atoms with E-state index in [1.807, 2.05) is 0 Å². The Labute approximate surface area is 256 Å². The molecule has 1 amide bonds. The number of ether oxygens (including phenoxy) is 5. The summed E-state index contributed by atoms with van der Waals surface area (Å²) in [6.45, 7) is 4.55. The van der Waals surface area contributed by atoms with Crippen LogP contribution in [0.5, 0.6) is 0 Å². The van der Waals surface area contributed by atoms with Crippen LogP contribution >= 0.6 is 24.8 Å². The minimum Gasteiger partial charge on any atom is -0.444 e. The second kappa shape index (κ2) is 23.7. The van der Waals surface area contributed by atoms with E-state index in [0.29, 0.717) is 5.56 Å². The second-order valence-electron chi connectivity index (χ2n) is 8.33. The minimum atomic E-state index is -0.641. The van der Waals surface area contributed by atoms with Gasteiger partial charge in [0.05, 0.1) is 24.0 Å². The lowest BCUT2D eigenvalue weighted by atomic mass is 10.2. The first-order chi connectivity index (χ1) is 18.5. The highest BCUT2D eigenvalue weighted by Crippen LogP contribution is 2.06. The average molecular weight is 638 g/mol. The van der Waals surface area contributed by atoms with Crippen LogP contribution in [-0.2, 0) is 33.3 Å². The quantitative estimate of drug-likeness (QED) is 0.207. The monoisotopic (exact) mass is 636 g/mol. The highest BCUT2D eigenvalue weighted by atomic mass is 35.5. The Morgan fingerprint density at radius 2 is 1.24 bits per heavy atom. The summed E-state index contributed by atoms with van der Waals surface area (Å²) >= 11 is 0. The number of amides is 1. The smallest absolute Gasteiger partial charge is 0.407 e. The van der Waals surface area contributed by atoms with Gasteiger partial charge in [0.2, 0.25) is 13.6 Å². The number of esters is 4. The van der Waals surface area contributed by atoms with Crippen molar-refractivity contribution in [1.82, 2.24) is 15.3 Å². The van der Waals surface area contributed by atoms with Gasteiger partial charge in [-0.15, -0.1) is 24.8 Å². The van der Waals surface area contributed by atoms with E-state index in [4.69, 9.17) is 19.9 Å². The molecule has 0 aliphatic heterocycles. The molecule has 2 aromatic heterocycles. The molecule has 2 heterocycles. The first-order valence-electron chi connectivity index (χ1n) is 11.6. The number of aromatic nitrogens is 2. The van der Waals surface area contributed by atoms with Gasteiger partial charge in [0.1, 0.15) is 5.60 Å². The van der Waals surface area contributed by atoms with E-state index in [2.05, 4.69) is 24.8 Å². The summed E-state index contributed by atoms with van der Waals surface area (Å²) in [4.78, 5) is 64.0. The molecular weight excluding hydrogens is 599 g/mol. The molecule has 0 atom stereocenters. The number of nitrogens with one attached hydrogen (secondary N) is 1. The molecule has 0 spiro atoms. The minimum absolute atomic E-state index is 0. The maximum Gasteiger partial charge on any atom is 0.407 e. The molecule has 0 unspecified atom stereocenters. The van der Waals surface area contributed by atoms with Gasteiger partial charge in [-0.25, -0.2) is 14.4 Å². The van der Waals surface area contributed by atoms with Gasteiger partial charge in [-0.05, 0) is 45.0 Å². The van der Waals surface area contributed by atoms with Gasteiger partial charge in [0, 0.05) is 37.9 Å². The van der Waals surface area contributed by atoms with Crippen LogP contribution in [0.25, 0.3) is 0 Å². The molecule has 0 saturated heterocycles. The zero-order valence-electron chi connectivity index (χ0n) is 22.7. The predicted molar refractivity (Wildman–Crippen MR) is 155 cm³/mol. The van der Waals surface area contributed by atoms with E-state index >= 15 is 0 Å². The number of carbonyl (C=O) groups is 5. The van der Waals surface area contributed by atoms with Crippen LogP contribution in [0.2, 0.25) is 0 Å². The number of rotatable bonds is 11. The number of halogens is 2. The van der Waals surface area contributed by atoms with Crippen molar-refractivity contribution in [3.05, 3.63) is 60.2 Å². The summed E-state index contributed by atoms with van der Waals surface area (Å²) in [7, 11) is 0. The van der Waals surface area contributed by atoms with Crippen molar-refractivity contribution < 1.29 is 47.7 Å². The Hall–Kier alpha value is -4.01. The third kappa shape index (κ3) is 20.8. The summed E-state index contributed by atoms with van der Waals surface area (Å²) in [6.07, 6.45) is 5.19. The Bertz CT molecular complexity index is 1070. The van der Waals surface area contributed by atoms with E-state index in [1.165, 1.54) is 30.9 Å². The molecule has 0 radical (unpaired) electrons. The molecule has 3 N–H and O–H groups in total. The standard InChI is InChI=1S/C15H20N2O6.C10H12N2O4.CH4.2ClH/c1-15(2,3)23-14(20)17-8-6-12(18)21-10-22-13(19)11-5-4-7-16-9-11;11-4-3-9(13)15-7-16-10(14)8-2-1-5-12-6-8;;;/h4-5,7,9H,6,8,10H2,1-3H3,(H,17,20);1-2,5-6H,3-4,7,11H2;1H4;2*1H. The van der Waals surface area contributed by atoms with Crippen LogP contribution in [0.15, 0.2) is 49.1 Å². The number of hydrogen-bond donors (Lipinski definition) is 2. The lowest BCUT2D eigenvalue weighted by Gasteiger charge is -2.19. The molecule has 2 aromatic rings. The lowest BCUT2D eigenvalue weighted by Crippen LogP contribution is -2.33. The van der Waals surface area contributed by atoms with Crippen LogP contribution < -0.4 is 11.1 Å². The van der Waals surface area contributed by atoms with E-state index in [9.17, 15) is 24.0 Å². The summed E-state index contributed by atoms with van der Waals surface area (Å²) in [5.41, 5.74) is 5.09. The number of hydrogen-bond acceptors (Lipinski definition) is 13. The van der Waals surface area contributed by atoms with Gasteiger partial charge < -0.3 is 34.7 Å². The molecule has 0 bridgehead atoms. The van der Waals surface area contributed by atoms with Crippen LogP contribution in [0.1, 0.15) is 61.8 Å². The topological polar surface area (TPSA) is 195 Å². The fourth-order valence-corrected chi connectivity index (χ4v) is 2.27. The van der Waals surface area contributed by atoms with Crippen molar-refractivity contribution in [2.75, 3.05) is 26.7 Å². The maximum absolute atomic E-state index is 11.5. The van der Waals surface area contributed by atoms with Crippen molar-refractivity contribution in [2.24, 2.45) is 5.73 Å². The van der Waals surface area contributed by atoms with E-state index in [-0.39, 0.29) is 63.7 Å². The molecule has 42 heavy (non-hydrogen) atoms. The molecule has 14 nitrogen and oxygen atoms in total. The van der Waals surface area contributed by atoms with Crippen molar-refractivity contribution in [3.63, 3.8) is 0 Å². The fourth-order valence-electron chi connectivity index (χ4n) is 2.27. The predicted octanol–water partition coefficient (Wildman–Crippen LogP) is 3.22. The van der Waals surface area contributed by atoms with Gasteiger partial charge in [-0.1, -0.05) is 7.43 Å². The van der Waals surface area contributed by atoms with E-state index in [0.717, 1.165) is 0 Å². The molecule has 0 aromatic carbocycles. The lowest BCUT2D eigenvalue weighted by molar-refractivity contribution is -0.153. The summed E-state index contributed by atoms with van der Waals surface area (Å²) < 4.78 is 23.8. The zero-order valence-corrected chi connectivity index (χ0v) is 24.4. The molecule has 2 rings (SSSR count). The van der Waals surface area contributed by atoms with Crippen molar-refractivity contribution in [3.8, 4) is 0 Å². The molecular formula is C26H38Cl2N4O10. The van der Waals surface area contributed by atoms with E-state index in [1.54, 1.807) is 39.0 Å². The highest BCUT2D eigenvalue weighted by Gasteiger charge is 2.16. The van der Waals surface area contributed by atoms with Crippen molar-refractivity contribution in [2.45, 2.75) is 46.6 Å². The van der Waals surface area contributed by atoms with Crippen molar-refractivity contribution in [1.29, 1.82) is 0 Å². The van der Waals surface area contributed by atoms with Crippen LogP contribution in [0, 0.1) is 0 Å². The number of pyridine rings is 2. The van der Waals surface area contributed by atoms with Gasteiger partial charge in [0.15, 0.2) is 0 Å². The number of nitrogens with zero attached hydrogens (tertiary/aromatic N) is 2. The Kier molecular flexibility index (Phi) is 23.9. The fraction of sp³-hybridized carbons (Fsp3) is 0.423. The average Bonchev–Trinajstić information content (AvgIpc) is 2.89. The van der Waals surface area contributed by atoms with Crippen LogP contribution in [0.4, 0.5) is 4.79 Å². The van der Waals surface area contributed by atoms with Crippen LogP contribution in [0.3, 0.4) is 0 Å². The molecule has 236 valence electrons. The molecule has 0 fully saturated rings. The Balaban J connectivity index is -0.000000712. The Morgan fingerprint density at radius 3 is 1.62 bits per heavy atom. The van der Waals surface area contributed by atoms with Gasteiger partial charge in [0.25, 0.3) is 0 Å². The van der Waals surface area contributed by atoms with Gasteiger partial charge in [-0.3, -0.25) is 19.6 Å².